The molecule has 6 nitrogen and oxygen atoms in total. The second-order valence-corrected chi connectivity index (χ2v) is 7.02. The highest BCUT2D eigenvalue weighted by Gasteiger charge is 2.28. The Balaban J connectivity index is 1.53. The maximum atomic E-state index is 12.9. The Kier molecular flexibility index (Phi) is 4.32. The van der Waals surface area contributed by atoms with Crippen LogP contribution < -0.4 is 4.90 Å². The van der Waals surface area contributed by atoms with Crippen LogP contribution in [0.15, 0.2) is 48.7 Å². The normalized spacial score (nSPS) is 17.5. The third-order valence-corrected chi connectivity index (χ3v) is 5.04. The lowest BCUT2D eigenvalue weighted by molar-refractivity contribution is 0.0704. The third-order valence-electron chi connectivity index (χ3n) is 5.04. The van der Waals surface area contributed by atoms with E-state index in [1.165, 1.54) is 0 Å². The molecule has 4 rings (SSSR count). The Morgan fingerprint density at radius 3 is 2.69 bits per heavy atom. The number of nitrogens with zero attached hydrogens (tertiary/aromatic N) is 5. The molecule has 134 valence electrons. The molecule has 1 amide bonds. The number of carbonyl (C=O) groups excluding carboxylic acids is 1. The minimum Gasteiger partial charge on any atom is -0.378 e. The summed E-state index contributed by atoms with van der Waals surface area (Å²) in [5.74, 6) is 1.25. The first-order chi connectivity index (χ1) is 12.6. The van der Waals surface area contributed by atoms with Gasteiger partial charge in [-0.3, -0.25) is 9.20 Å². The number of aromatic nitrogens is 3. The van der Waals surface area contributed by atoms with E-state index in [0.29, 0.717) is 6.54 Å². The highest BCUT2D eigenvalue weighted by Crippen LogP contribution is 2.27. The highest BCUT2D eigenvalue weighted by molar-refractivity contribution is 5.94. The largest absolute Gasteiger partial charge is 0.378 e. The van der Waals surface area contributed by atoms with Crippen molar-refractivity contribution in [1.29, 1.82) is 0 Å². The summed E-state index contributed by atoms with van der Waals surface area (Å²) >= 11 is 0. The number of likely N-dealkylation sites (tertiary alicyclic amines) is 1. The van der Waals surface area contributed by atoms with Crippen LogP contribution in [0, 0.1) is 0 Å². The first-order valence-corrected chi connectivity index (χ1v) is 9.00. The topological polar surface area (TPSA) is 53.7 Å². The van der Waals surface area contributed by atoms with Crippen LogP contribution >= 0.6 is 0 Å². The zero-order valence-corrected chi connectivity index (χ0v) is 15.2. The first-order valence-electron chi connectivity index (χ1n) is 9.00. The van der Waals surface area contributed by atoms with Gasteiger partial charge in [-0.2, -0.15) is 0 Å². The second-order valence-electron chi connectivity index (χ2n) is 7.02. The van der Waals surface area contributed by atoms with Crippen molar-refractivity contribution in [2.24, 2.45) is 0 Å². The summed E-state index contributed by atoms with van der Waals surface area (Å²) in [6, 6.07) is 13.7. The van der Waals surface area contributed by atoms with Gasteiger partial charge in [0.05, 0.1) is 0 Å². The number of pyridine rings is 1. The van der Waals surface area contributed by atoms with Gasteiger partial charge in [0, 0.05) is 50.6 Å². The van der Waals surface area contributed by atoms with Crippen molar-refractivity contribution in [3.8, 4) is 0 Å². The summed E-state index contributed by atoms with van der Waals surface area (Å²) in [5, 5.41) is 8.64. The molecule has 0 N–H and O–H groups in total. The van der Waals surface area contributed by atoms with Gasteiger partial charge in [-0.1, -0.05) is 6.07 Å². The number of piperidine rings is 1. The summed E-state index contributed by atoms with van der Waals surface area (Å²) in [5.41, 5.74) is 2.68. The SMILES string of the molecule is CN(C)c1ccc(C(=O)N2CCCC(c3nnc4ccccn34)C2)cc1. The predicted molar refractivity (Wildman–Crippen MR) is 102 cm³/mol. The van der Waals surface area contributed by atoms with Crippen molar-refractivity contribution in [3.63, 3.8) is 0 Å². The van der Waals surface area contributed by atoms with Crippen molar-refractivity contribution >= 4 is 17.2 Å². The molecule has 0 saturated carbocycles. The maximum Gasteiger partial charge on any atom is 0.253 e. The van der Waals surface area contributed by atoms with Gasteiger partial charge < -0.3 is 9.80 Å². The summed E-state index contributed by atoms with van der Waals surface area (Å²) in [6.45, 7) is 1.48. The van der Waals surface area contributed by atoms with Crippen LogP contribution in [0.25, 0.3) is 5.65 Å². The van der Waals surface area contributed by atoms with Crippen LogP contribution in [0.1, 0.15) is 34.9 Å². The number of benzene rings is 1. The van der Waals surface area contributed by atoms with Crippen molar-refractivity contribution in [3.05, 3.63) is 60.0 Å². The van der Waals surface area contributed by atoms with E-state index in [-0.39, 0.29) is 11.8 Å². The van der Waals surface area contributed by atoms with E-state index in [2.05, 4.69) is 10.2 Å². The van der Waals surface area contributed by atoms with Crippen molar-refractivity contribution in [2.45, 2.75) is 18.8 Å². The molecular weight excluding hydrogens is 326 g/mol. The third kappa shape index (κ3) is 3.03. The fourth-order valence-corrected chi connectivity index (χ4v) is 3.60. The Hall–Kier alpha value is -2.89. The van der Waals surface area contributed by atoms with E-state index in [9.17, 15) is 4.79 Å². The minimum atomic E-state index is 0.0915. The van der Waals surface area contributed by atoms with E-state index >= 15 is 0 Å². The number of fused-ring (bicyclic) bond motifs is 1. The summed E-state index contributed by atoms with van der Waals surface area (Å²) in [7, 11) is 3.99. The van der Waals surface area contributed by atoms with Crippen molar-refractivity contribution in [2.75, 3.05) is 32.1 Å². The van der Waals surface area contributed by atoms with Crippen LogP contribution in [-0.4, -0.2) is 52.6 Å². The predicted octanol–water partition coefficient (Wildman–Crippen LogP) is 2.82. The van der Waals surface area contributed by atoms with Gasteiger partial charge in [0.2, 0.25) is 0 Å². The zero-order valence-electron chi connectivity index (χ0n) is 15.2. The lowest BCUT2D eigenvalue weighted by Gasteiger charge is -2.32. The molecule has 1 aromatic carbocycles. The zero-order chi connectivity index (χ0) is 18.1. The Morgan fingerprint density at radius 1 is 1.12 bits per heavy atom. The van der Waals surface area contributed by atoms with Gasteiger partial charge in [-0.25, -0.2) is 0 Å². The van der Waals surface area contributed by atoms with E-state index in [1.54, 1.807) is 0 Å². The van der Waals surface area contributed by atoms with E-state index in [1.807, 2.05) is 77.0 Å². The standard InChI is InChI=1S/C20H23N5O/c1-23(2)17-10-8-15(9-11-17)20(26)24-12-5-6-16(14-24)19-22-21-18-7-3-4-13-25(18)19/h3-4,7-11,13,16H,5-6,12,14H2,1-2H3. The van der Waals surface area contributed by atoms with E-state index in [0.717, 1.165) is 42.1 Å². The Morgan fingerprint density at radius 2 is 1.92 bits per heavy atom. The average Bonchev–Trinajstić information content (AvgIpc) is 3.12. The molecule has 6 heteroatoms. The Labute approximate surface area is 153 Å². The van der Waals surface area contributed by atoms with Gasteiger partial charge >= 0.3 is 0 Å². The van der Waals surface area contributed by atoms with Crippen LogP contribution in [0.4, 0.5) is 5.69 Å². The minimum absolute atomic E-state index is 0.0915. The van der Waals surface area contributed by atoms with Crippen molar-refractivity contribution < 1.29 is 4.79 Å². The lowest BCUT2D eigenvalue weighted by Crippen LogP contribution is -2.39. The van der Waals surface area contributed by atoms with E-state index < -0.39 is 0 Å². The van der Waals surface area contributed by atoms with Crippen LogP contribution in [0.2, 0.25) is 0 Å². The monoisotopic (exact) mass is 349 g/mol. The highest BCUT2D eigenvalue weighted by atomic mass is 16.2. The molecule has 0 aliphatic carbocycles. The lowest BCUT2D eigenvalue weighted by atomic mass is 9.96. The van der Waals surface area contributed by atoms with Gasteiger partial charge in [0.15, 0.2) is 5.65 Å². The molecular formula is C20H23N5O. The van der Waals surface area contributed by atoms with Gasteiger partial charge in [-0.05, 0) is 49.2 Å². The molecule has 2 aromatic heterocycles. The molecule has 0 bridgehead atoms. The molecule has 26 heavy (non-hydrogen) atoms. The summed E-state index contributed by atoms with van der Waals surface area (Å²) in [4.78, 5) is 16.9. The molecule has 1 fully saturated rings. The number of carbonyl (C=O) groups is 1. The number of anilines is 1. The Bertz CT molecular complexity index is 915. The molecule has 3 heterocycles. The molecule has 1 saturated heterocycles. The maximum absolute atomic E-state index is 12.9. The fraction of sp³-hybridized carbons (Fsp3) is 0.350. The number of amides is 1. The van der Waals surface area contributed by atoms with Gasteiger partial charge in [0.1, 0.15) is 5.82 Å². The average molecular weight is 349 g/mol. The molecule has 1 aliphatic heterocycles. The summed E-state index contributed by atoms with van der Waals surface area (Å²) < 4.78 is 2.03. The van der Waals surface area contributed by atoms with Crippen LogP contribution in [-0.2, 0) is 0 Å². The van der Waals surface area contributed by atoms with Gasteiger partial charge in [0.25, 0.3) is 5.91 Å². The first kappa shape index (κ1) is 16.6. The number of hydrogen-bond acceptors (Lipinski definition) is 4. The molecule has 1 unspecified atom stereocenters. The fourth-order valence-electron chi connectivity index (χ4n) is 3.60. The molecule has 0 radical (unpaired) electrons. The number of hydrogen-bond donors (Lipinski definition) is 0. The molecule has 1 atom stereocenters. The summed E-state index contributed by atoms with van der Waals surface area (Å²) in [6.07, 6.45) is 4.00. The quantitative estimate of drug-likeness (QED) is 0.730. The second kappa shape index (κ2) is 6.78. The van der Waals surface area contributed by atoms with E-state index in [4.69, 9.17) is 0 Å². The molecule has 0 spiro atoms. The van der Waals surface area contributed by atoms with Crippen LogP contribution in [0.5, 0.6) is 0 Å². The van der Waals surface area contributed by atoms with Crippen molar-refractivity contribution in [1.82, 2.24) is 19.5 Å². The van der Waals surface area contributed by atoms with Crippen LogP contribution in [0.3, 0.4) is 0 Å². The molecule has 3 aromatic rings. The number of rotatable bonds is 3. The van der Waals surface area contributed by atoms with Gasteiger partial charge in [-0.15, -0.1) is 10.2 Å². The smallest absolute Gasteiger partial charge is 0.253 e. The molecule has 1 aliphatic rings.